The topological polar surface area (TPSA) is 72.6 Å². The first-order valence-electron chi connectivity index (χ1n) is 7.98. The highest BCUT2D eigenvalue weighted by Gasteiger charge is 2.19. The number of carbonyl (C=O) groups is 1. The molecule has 0 radical (unpaired) electrons. The SMILES string of the molecule is COc1c(C)cc(CN(C)C(=O)c2nc3nccc(C)n3n2)cc1C. The molecule has 0 saturated carbocycles. The van der Waals surface area contributed by atoms with E-state index in [1.54, 1.807) is 29.8 Å². The molecule has 2 aromatic heterocycles. The molecule has 2 heterocycles. The van der Waals surface area contributed by atoms with Crippen LogP contribution in [0.25, 0.3) is 5.78 Å². The molecule has 130 valence electrons. The number of hydrogen-bond donors (Lipinski definition) is 0. The van der Waals surface area contributed by atoms with Crippen LogP contribution in [0.15, 0.2) is 24.4 Å². The van der Waals surface area contributed by atoms with Gasteiger partial charge in [-0.05, 0) is 43.5 Å². The van der Waals surface area contributed by atoms with Crippen LogP contribution >= 0.6 is 0 Å². The van der Waals surface area contributed by atoms with Crippen molar-refractivity contribution in [2.75, 3.05) is 14.2 Å². The van der Waals surface area contributed by atoms with Crippen LogP contribution in [0.2, 0.25) is 0 Å². The third-order valence-electron chi connectivity index (χ3n) is 4.11. The van der Waals surface area contributed by atoms with Crippen molar-refractivity contribution >= 4 is 11.7 Å². The van der Waals surface area contributed by atoms with E-state index in [1.165, 1.54) is 0 Å². The Morgan fingerprint density at radius 3 is 2.52 bits per heavy atom. The maximum atomic E-state index is 12.7. The number of benzene rings is 1. The molecule has 1 amide bonds. The van der Waals surface area contributed by atoms with Gasteiger partial charge in [0.2, 0.25) is 5.82 Å². The molecule has 0 bridgehead atoms. The minimum Gasteiger partial charge on any atom is -0.496 e. The van der Waals surface area contributed by atoms with Gasteiger partial charge in [0.05, 0.1) is 7.11 Å². The molecule has 3 aromatic rings. The number of carbonyl (C=O) groups excluding carboxylic acids is 1. The average molecular weight is 339 g/mol. The van der Waals surface area contributed by atoms with E-state index in [9.17, 15) is 4.79 Å². The number of ether oxygens (including phenoxy) is 1. The lowest BCUT2D eigenvalue weighted by Gasteiger charge is -2.17. The fraction of sp³-hybridized carbons (Fsp3) is 0.333. The van der Waals surface area contributed by atoms with Crippen molar-refractivity contribution in [2.24, 2.45) is 0 Å². The van der Waals surface area contributed by atoms with Gasteiger partial charge >= 0.3 is 0 Å². The zero-order valence-electron chi connectivity index (χ0n) is 15.1. The van der Waals surface area contributed by atoms with Crippen molar-refractivity contribution in [3.8, 4) is 5.75 Å². The monoisotopic (exact) mass is 339 g/mol. The number of methoxy groups -OCH3 is 1. The molecule has 3 rings (SSSR count). The predicted octanol–water partition coefficient (Wildman–Crippen LogP) is 2.33. The van der Waals surface area contributed by atoms with Gasteiger partial charge in [-0.3, -0.25) is 4.79 Å². The summed E-state index contributed by atoms with van der Waals surface area (Å²) < 4.78 is 6.96. The second-order valence-corrected chi connectivity index (χ2v) is 6.16. The first-order valence-corrected chi connectivity index (χ1v) is 7.98. The van der Waals surface area contributed by atoms with Crippen LogP contribution in [0.5, 0.6) is 5.75 Å². The first-order chi connectivity index (χ1) is 11.9. The van der Waals surface area contributed by atoms with Crippen LogP contribution < -0.4 is 4.74 Å². The van der Waals surface area contributed by atoms with Crippen LogP contribution in [0.4, 0.5) is 0 Å². The molecule has 25 heavy (non-hydrogen) atoms. The maximum absolute atomic E-state index is 12.7. The van der Waals surface area contributed by atoms with Crippen molar-refractivity contribution in [1.82, 2.24) is 24.5 Å². The molecule has 0 atom stereocenters. The Hall–Kier alpha value is -2.96. The standard InChI is InChI=1S/C18H21N5O2/c1-11-8-14(9-12(2)15(11)25-5)10-22(4)17(24)16-20-18-19-7-6-13(3)23(18)21-16/h6-9H,10H2,1-5H3. The molecule has 7 nitrogen and oxygen atoms in total. The number of aryl methyl sites for hydroxylation is 3. The van der Waals surface area contributed by atoms with Crippen molar-refractivity contribution < 1.29 is 9.53 Å². The van der Waals surface area contributed by atoms with Crippen molar-refractivity contribution in [2.45, 2.75) is 27.3 Å². The lowest BCUT2D eigenvalue weighted by Crippen LogP contribution is -2.27. The lowest BCUT2D eigenvalue weighted by molar-refractivity contribution is 0.0773. The summed E-state index contributed by atoms with van der Waals surface area (Å²) in [5.41, 5.74) is 4.00. The number of fused-ring (bicyclic) bond motifs is 1. The van der Waals surface area contributed by atoms with Gasteiger partial charge in [0.15, 0.2) is 0 Å². The first kappa shape index (κ1) is 16.9. The third kappa shape index (κ3) is 3.17. The predicted molar refractivity (Wildman–Crippen MR) is 93.8 cm³/mol. The van der Waals surface area contributed by atoms with Gasteiger partial charge in [0.1, 0.15) is 5.75 Å². The van der Waals surface area contributed by atoms with Crippen LogP contribution in [0.3, 0.4) is 0 Å². The van der Waals surface area contributed by atoms with Gasteiger partial charge < -0.3 is 9.64 Å². The molecule has 0 N–H and O–H groups in total. The number of nitrogens with zero attached hydrogens (tertiary/aromatic N) is 5. The van der Waals surface area contributed by atoms with E-state index < -0.39 is 0 Å². The second kappa shape index (κ2) is 6.51. The van der Waals surface area contributed by atoms with Crippen LogP contribution in [-0.2, 0) is 6.54 Å². The summed E-state index contributed by atoms with van der Waals surface area (Å²) in [6.07, 6.45) is 1.65. The summed E-state index contributed by atoms with van der Waals surface area (Å²) in [5.74, 6) is 1.21. The molecular formula is C18H21N5O2. The Balaban J connectivity index is 1.84. The highest BCUT2D eigenvalue weighted by atomic mass is 16.5. The number of aromatic nitrogens is 4. The molecule has 0 spiro atoms. The summed E-state index contributed by atoms with van der Waals surface area (Å²) in [5, 5.41) is 4.27. The van der Waals surface area contributed by atoms with E-state index >= 15 is 0 Å². The minimum atomic E-state index is -0.240. The smallest absolute Gasteiger partial charge is 0.293 e. The molecular weight excluding hydrogens is 318 g/mol. The van der Waals surface area contributed by atoms with E-state index in [1.807, 2.05) is 39.0 Å². The fourth-order valence-electron chi connectivity index (χ4n) is 2.97. The summed E-state index contributed by atoms with van der Waals surface area (Å²) in [6.45, 7) is 6.35. The summed E-state index contributed by atoms with van der Waals surface area (Å²) >= 11 is 0. The highest BCUT2D eigenvalue weighted by Crippen LogP contribution is 2.25. The summed E-state index contributed by atoms with van der Waals surface area (Å²) in [4.78, 5) is 22.6. The largest absolute Gasteiger partial charge is 0.496 e. The molecule has 0 unspecified atom stereocenters. The quantitative estimate of drug-likeness (QED) is 0.729. The number of rotatable bonds is 4. The third-order valence-corrected chi connectivity index (χ3v) is 4.11. The van der Waals surface area contributed by atoms with Crippen LogP contribution in [-0.4, -0.2) is 44.5 Å². The van der Waals surface area contributed by atoms with Crippen molar-refractivity contribution in [3.05, 3.63) is 52.6 Å². The Kier molecular flexibility index (Phi) is 4.39. The zero-order chi connectivity index (χ0) is 18.1. The zero-order valence-corrected chi connectivity index (χ0v) is 15.1. The fourth-order valence-corrected chi connectivity index (χ4v) is 2.97. The molecule has 0 fully saturated rings. The Morgan fingerprint density at radius 1 is 1.24 bits per heavy atom. The van der Waals surface area contributed by atoms with E-state index in [0.29, 0.717) is 12.3 Å². The van der Waals surface area contributed by atoms with Crippen molar-refractivity contribution in [3.63, 3.8) is 0 Å². The Bertz CT molecular complexity index is 925. The van der Waals surface area contributed by atoms with Gasteiger partial charge in [0.25, 0.3) is 11.7 Å². The van der Waals surface area contributed by atoms with Gasteiger partial charge in [0, 0.05) is 25.5 Å². The number of amides is 1. The lowest BCUT2D eigenvalue weighted by atomic mass is 10.1. The molecule has 0 aliphatic rings. The van der Waals surface area contributed by atoms with Gasteiger partial charge in [-0.1, -0.05) is 12.1 Å². The molecule has 7 heteroatoms. The van der Waals surface area contributed by atoms with E-state index in [2.05, 4.69) is 15.1 Å². The second-order valence-electron chi connectivity index (χ2n) is 6.16. The Labute approximate surface area is 146 Å². The molecule has 0 saturated heterocycles. The van der Waals surface area contributed by atoms with Gasteiger partial charge in [-0.15, -0.1) is 5.10 Å². The van der Waals surface area contributed by atoms with E-state index in [0.717, 1.165) is 28.1 Å². The van der Waals surface area contributed by atoms with Crippen LogP contribution in [0.1, 0.15) is 33.0 Å². The van der Waals surface area contributed by atoms with E-state index in [-0.39, 0.29) is 11.7 Å². The highest BCUT2D eigenvalue weighted by molar-refractivity contribution is 5.90. The minimum absolute atomic E-state index is 0.145. The van der Waals surface area contributed by atoms with Crippen molar-refractivity contribution in [1.29, 1.82) is 0 Å². The van der Waals surface area contributed by atoms with Gasteiger partial charge in [-0.2, -0.15) is 4.98 Å². The molecule has 0 aliphatic carbocycles. The average Bonchev–Trinajstić information content (AvgIpc) is 2.99. The summed E-state index contributed by atoms with van der Waals surface area (Å²) in [7, 11) is 3.40. The molecule has 1 aromatic carbocycles. The van der Waals surface area contributed by atoms with Gasteiger partial charge in [-0.25, -0.2) is 9.50 Å². The summed E-state index contributed by atoms with van der Waals surface area (Å²) in [6, 6.07) is 5.87. The van der Waals surface area contributed by atoms with Crippen LogP contribution in [0, 0.1) is 20.8 Å². The van der Waals surface area contributed by atoms with E-state index in [4.69, 9.17) is 4.74 Å². The number of hydrogen-bond acceptors (Lipinski definition) is 5. The normalized spacial score (nSPS) is 10.9. The molecule has 0 aliphatic heterocycles. The maximum Gasteiger partial charge on any atom is 0.293 e. The Morgan fingerprint density at radius 2 is 1.92 bits per heavy atom.